The number of aryl methyl sites for hydroxylation is 1. The smallest absolute Gasteiger partial charge is 0.271 e. The summed E-state index contributed by atoms with van der Waals surface area (Å²) < 4.78 is 20.3. The van der Waals surface area contributed by atoms with Crippen molar-refractivity contribution >= 4 is 39.8 Å². The Bertz CT molecular complexity index is 1330. The first-order chi connectivity index (χ1) is 17.0. The van der Waals surface area contributed by atoms with Crippen LogP contribution >= 0.6 is 0 Å². The Morgan fingerprint density at radius 2 is 1.83 bits per heavy atom. The summed E-state index contributed by atoms with van der Waals surface area (Å²) in [7, 11) is 1.53. The molecule has 4 rings (SSSR count). The number of aromatic nitrogens is 2. The highest BCUT2D eigenvalue weighted by Crippen LogP contribution is 2.38. The summed E-state index contributed by atoms with van der Waals surface area (Å²) >= 11 is 0. The fraction of sp³-hybridized carbons (Fsp3) is 0.360. The summed E-state index contributed by atoms with van der Waals surface area (Å²) in [5, 5.41) is 21.7. The van der Waals surface area contributed by atoms with Crippen molar-refractivity contribution in [2.45, 2.75) is 26.4 Å². The van der Waals surface area contributed by atoms with Crippen molar-refractivity contribution in [1.82, 2.24) is 15.1 Å². The van der Waals surface area contributed by atoms with E-state index >= 15 is 0 Å². The van der Waals surface area contributed by atoms with Crippen molar-refractivity contribution < 1.29 is 23.8 Å². The summed E-state index contributed by atoms with van der Waals surface area (Å²) in [6, 6.07) is 8.18. The molecule has 2 amide bonds. The Labute approximate surface area is 207 Å². The maximum Gasteiger partial charge on any atom is 0.271 e. The lowest BCUT2D eigenvalue weighted by atomic mass is 10.1. The Balaban J connectivity index is 1.76. The summed E-state index contributed by atoms with van der Waals surface area (Å²) in [4.78, 5) is 28.3. The molecular formula is C25H29FN6O4. The summed E-state index contributed by atoms with van der Waals surface area (Å²) in [5.74, 6) is -1.11. The van der Waals surface area contributed by atoms with Gasteiger partial charge in [0.05, 0.1) is 29.7 Å². The Kier molecular flexibility index (Phi) is 6.68. The van der Waals surface area contributed by atoms with Gasteiger partial charge in [-0.25, -0.2) is 4.39 Å². The number of hydrogen-bond acceptors (Lipinski definition) is 8. The first-order valence-electron chi connectivity index (χ1n) is 11.5. The maximum atomic E-state index is 14.7. The van der Waals surface area contributed by atoms with Gasteiger partial charge in [-0.3, -0.25) is 9.59 Å². The van der Waals surface area contributed by atoms with Crippen LogP contribution in [0.2, 0.25) is 0 Å². The quantitative estimate of drug-likeness (QED) is 0.474. The number of carbonyl (C=O) groups excluding carboxylic acids is 2. The number of fused-ring (bicyclic) bond motifs is 1. The fourth-order valence-electron chi connectivity index (χ4n) is 4.23. The van der Waals surface area contributed by atoms with Crippen LogP contribution < -0.4 is 20.7 Å². The zero-order chi connectivity index (χ0) is 26.2. The van der Waals surface area contributed by atoms with Crippen LogP contribution in [0.5, 0.6) is 5.75 Å². The second kappa shape index (κ2) is 9.57. The lowest BCUT2D eigenvalue weighted by Crippen LogP contribution is -2.54. The topological polar surface area (TPSA) is 134 Å². The highest BCUT2D eigenvalue weighted by Gasteiger charge is 2.32. The largest absolute Gasteiger partial charge is 0.495 e. The van der Waals surface area contributed by atoms with Gasteiger partial charge in [-0.1, -0.05) is 6.07 Å². The number of halogens is 1. The zero-order valence-electron chi connectivity index (χ0n) is 20.6. The number of carbonyl (C=O) groups is 2. The van der Waals surface area contributed by atoms with Gasteiger partial charge >= 0.3 is 0 Å². The molecule has 0 unspecified atom stereocenters. The molecule has 0 saturated carbocycles. The third-order valence-corrected chi connectivity index (χ3v) is 6.11. The Morgan fingerprint density at radius 3 is 2.42 bits per heavy atom. The standard InChI is InChI=1S/C25H29FN6O4/c1-14-5-6-17(16(26)11-14)28-21-15-12-19(20(36-4)13-18(15)29-30-22(21)23(27)33)31-7-9-32(10-8-31)24(34)25(2,3)35/h5-6,11-13,35H,7-10H2,1-4H3,(H2,27,33)(H,28,29). The number of primary amides is 1. The molecule has 11 heteroatoms. The van der Waals surface area contributed by atoms with Crippen LogP contribution in [0.1, 0.15) is 29.9 Å². The van der Waals surface area contributed by atoms with Gasteiger partial charge in [0.15, 0.2) is 5.69 Å². The van der Waals surface area contributed by atoms with Crippen LogP contribution in [0, 0.1) is 12.7 Å². The third kappa shape index (κ3) is 4.87. The van der Waals surface area contributed by atoms with Crippen LogP contribution in [-0.2, 0) is 4.79 Å². The number of aliphatic hydroxyl groups is 1. The Morgan fingerprint density at radius 1 is 1.14 bits per heavy atom. The van der Waals surface area contributed by atoms with Crippen LogP contribution in [0.25, 0.3) is 10.9 Å². The number of rotatable bonds is 6. The minimum Gasteiger partial charge on any atom is -0.495 e. The highest BCUT2D eigenvalue weighted by molar-refractivity contribution is 6.07. The molecular weight excluding hydrogens is 467 g/mol. The molecule has 1 saturated heterocycles. The van der Waals surface area contributed by atoms with E-state index in [1.165, 1.54) is 27.0 Å². The summed E-state index contributed by atoms with van der Waals surface area (Å²) in [6.45, 7) is 6.50. The van der Waals surface area contributed by atoms with Gasteiger partial charge in [-0.05, 0) is 44.5 Å². The Hall–Kier alpha value is -3.99. The lowest BCUT2D eigenvalue weighted by Gasteiger charge is -2.38. The fourth-order valence-corrected chi connectivity index (χ4v) is 4.23. The van der Waals surface area contributed by atoms with E-state index in [4.69, 9.17) is 10.5 Å². The molecule has 0 aliphatic carbocycles. The van der Waals surface area contributed by atoms with Crippen molar-refractivity contribution in [1.29, 1.82) is 0 Å². The second-order valence-corrected chi connectivity index (χ2v) is 9.28. The molecule has 36 heavy (non-hydrogen) atoms. The number of anilines is 3. The van der Waals surface area contributed by atoms with Gasteiger partial charge in [-0.15, -0.1) is 10.2 Å². The van der Waals surface area contributed by atoms with Gasteiger partial charge in [0.1, 0.15) is 17.2 Å². The zero-order valence-corrected chi connectivity index (χ0v) is 20.6. The molecule has 0 bridgehead atoms. The van der Waals surface area contributed by atoms with E-state index in [1.807, 2.05) is 4.90 Å². The number of nitrogens with zero attached hydrogens (tertiary/aromatic N) is 4. The van der Waals surface area contributed by atoms with Crippen molar-refractivity contribution in [2.24, 2.45) is 5.73 Å². The van der Waals surface area contributed by atoms with Crippen LogP contribution in [0.15, 0.2) is 30.3 Å². The lowest BCUT2D eigenvalue weighted by molar-refractivity contribution is -0.148. The first kappa shape index (κ1) is 25.1. The van der Waals surface area contributed by atoms with Crippen molar-refractivity contribution in [3.63, 3.8) is 0 Å². The summed E-state index contributed by atoms with van der Waals surface area (Å²) in [6.07, 6.45) is 0. The number of nitrogens with two attached hydrogens (primary N) is 1. The van der Waals surface area contributed by atoms with Gasteiger partial charge in [0.2, 0.25) is 0 Å². The number of amides is 2. The predicted molar refractivity (Wildman–Crippen MR) is 134 cm³/mol. The number of nitrogens with one attached hydrogen (secondary N) is 1. The van der Waals surface area contributed by atoms with Crippen molar-refractivity contribution in [3.8, 4) is 5.75 Å². The van der Waals surface area contributed by atoms with Crippen LogP contribution in [-0.4, -0.2) is 70.9 Å². The number of piperazine rings is 1. The average Bonchev–Trinajstić information content (AvgIpc) is 2.83. The minimum absolute atomic E-state index is 0.126. The van der Waals surface area contributed by atoms with E-state index < -0.39 is 17.3 Å². The highest BCUT2D eigenvalue weighted by atomic mass is 19.1. The molecule has 3 aromatic rings. The number of benzene rings is 2. The van der Waals surface area contributed by atoms with Gasteiger partial charge in [0.25, 0.3) is 11.8 Å². The average molecular weight is 497 g/mol. The van der Waals surface area contributed by atoms with Crippen LogP contribution in [0.3, 0.4) is 0 Å². The maximum absolute atomic E-state index is 14.7. The van der Waals surface area contributed by atoms with Crippen molar-refractivity contribution in [2.75, 3.05) is 43.5 Å². The molecule has 0 spiro atoms. The predicted octanol–water partition coefficient (Wildman–Crippen LogP) is 2.35. The number of hydrogen-bond donors (Lipinski definition) is 3. The molecule has 0 atom stereocenters. The normalized spacial score (nSPS) is 14.2. The van der Waals surface area contributed by atoms with E-state index in [0.717, 1.165) is 5.56 Å². The number of ether oxygens (including phenoxy) is 1. The molecule has 1 aliphatic heterocycles. The molecule has 1 aliphatic rings. The molecule has 0 radical (unpaired) electrons. The van der Waals surface area contributed by atoms with E-state index in [1.54, 1.807) is 36.1 Å². The van der Waals surface area contributed by atoms with Crippen LogP contribution in [0.4, 0.5) is 21.5 Å². The van der Waals surface area contributed by atoms with E-state index in [9.17, 15) is 19.1 Å². The van der Waals surface area contributed by atoms with E-state index in [0.29, 0.717) is 48.5 Å². The molecule has 2 heterocycles. The van der Waals surface area contributed by atoms with E-state index in [2.05, 4.69) is 15.5 Å². The molecule has 1 fully saturated rings. The number of methoxy groups -OCH3 is 1. The van der Waals surface area contributed by atoms with E-state index in [-0.39, 0.29) is 23.0 Å². The SMILES string of the molecule is COc1cc2nnc(C(N)=O)c(Nc3ccc(C)cc3F)c2cc1N1CCN(C(=O)C(C)(C)O)CC1. The van der Waals surface area contributed by atoms with Gasteiger partial charge in [-0.2, -0.15) is 0 Å². The third-order valence-electron chi connectivity index (χ3n) is 6.11. The molecule has 4 N–H and O–H groups in total. The molecule has 10 nitrogen and oxygen atoms in total. The molecule has 190 valence electrons. The second-order valence-electron chi connectivity index (χ2n) is 9.28. The monoisotopic (exact) mass is 496 g/mol. The van der Waals surface area contributed by atoms with Crippen molar-refractivity contribution in [3.05, 3.63) is 47.4 Å². The molecule has 2 aromatic carbocycles. The molecule has 1 aromatic heterocycles. The van der Waals surface area contributed by atoms with Gasteiger partial charge in [0, 0.05) is 37.6 Å². The minimum atomic E-state index is -1.45. The first-order valence-corrected chi connectivity index (χ1v) is 11.5. The van der Waals surface area contributed by atoms with Gasteiger partial charge < -0.3 is 30.7 Å². The summed E-state index contributed by atoms with van der Waals surface area (Å²) in [5.41, 5.74) is 6.27.